The van der Waals surface area contributed by atoms with Gasteiger partial charge in [-0.3, -0.25) is 9.36 Å². The van der Waals surface area contributed by atoms with E-state index in [1.807, 2.05) is 0 Å². The normalized spacial score (nSPS) is 29.9. The molecule has 1 aliphatic rings. The summed E-state index contributed by atoms with van der Waals surface area (Å²) in [4.78, 5) is 27.3. The number of hydrogen-bond acceptors (Lipinski definition) is 6. The van der Waals surface area contributed by atoms with Gasteiger partial charge in [0.2, 0.25) is 5.91 Å². The molecule has 4 atom stereocenters. The monoisotopic (exact) mass is 363 g/mol. The first-order valence-corrected chi connectivity index (χ1v) is 7.74. The van der Waals surface area contributed by atoms with Crippen molar-refractivity contribution >= 4 is 17.5 Å². The predicted molar refractivity (Wildman–Crippen MR) is 81.9 cm³/mol. The Kier molecular flexibility index (Phi) is 5.59. The van der Waals surface area contributed by atoms with Crippen LogP contribution in [0, 0.1) is 5.92 Å². The van der Waals surface area contributed by atoms with Gasteiger partial charge in [-0.25, -0.2) is 9.18 Å². The molecule has 0 spiro atoms. The van der Waals surface area contributed by atoms with Crippen LogP contribution in [0.3, 0.4) is 0 Å². The molecule has 0 radical (unpaired) electrons. The second-order valence-electron chi connectivity index (χ2n) is 5.81. The predicted octanol–water partition coefficient (Wildman–Crippen LogP) is -0.329. The number of hydrogen-bond donors (Lipinski definition) is 3. The van der Waals surface area contributed by atoms with Crippen LogP contribution in [0.1, 0.15) is 25.8 Å². The molecule has 1 aliphatic heterocycles. The number of rotatable bonds is 5. The Labute approximate surface area is 142 Å². The van der Waals surface area contributed by atoms with Gasteiger partial charge >= 0.3 is 5.69 Å². The molecular formula is C14H19ClFN3O5. The van der Waals surface area contributed by atoms with E-state index in [1.54, 1.807) is 13.8 Å². The zero-order valence-electron chi connectivity index (χ0n) is 13.1. The van der Waals surface area contributed by atoms with Crippen molar-refractivity contribution in [2.75, 3.05) is 6.61 Å². The van der Waals surface area contributed by atoms with Crippen LogP contribution < -0.4 is 11.0 Å². The van der Waals surface area contributed by atoms with Crippen LogP contribution >= 0.6 is 11.6 Å². The van der Waals surface area contributed by atoms with E-state index in [9.17, 15) is 19.1 Å². The molecule has 10 heteroatoms. The summed E-state index contributed by atoms with van der Waals surface area (Å²) >= 11 is 5.64. The maximum atomic E-state index is 14.4. The summed E-state index contributed by atoms with van der Waals surface area (Å²) in [5.74, 6) is -0.407. The van der Waals surface area contributed by atoms with Gasteiger partial charge in [0.15, 0.2) is 6.23 Å². The van der Waals surface area contributed by atoms with E-state index in [0.29, 0.717) is 0 Å². The van der Waals surface area contributed by atoms with Crippen molar-refractivity contribution in [2.24, 2.45) is 5.92 Å². The zero-order valence-corrected chi connectivity index (χ0v) is 13.9. The number of halogens is 2. The molecule has 0 unspecified atom stereocenters. The van der Waals surface area contributed by atoms with Gasteiger partial charge in [0.25, 0.3) is 5.13 Å². The van der Waals surface area contributed by atoms with Gasteiger partial charge in [0.05, 0.1) is 18.8 Å². The number of ether oxygens (including phenoxy) is 1. The summed E-state index contributed by atoms with van der Waals surface area (Å²) < 4.78 is 20.4. The number of nitrogens with zero attached hydrogens (tertiary/aromatic N) is 2. The van der Waals surface area contributed by atoms with Crippen LogP contribution in [-0.4, -0.2) is 49.6 Å². The molecule has 134 valence electrons. The molecule has 1 fully saturated rings. The van der Waals surface area contributed by atoms with E-state index in [-0.39, 0.29) is 24.1 Å². The van der Waals surface area contributed by atoms with Crippen molar-refractivity contribution in [2.45, 2.75) is 44.0 Å². The molecule has 0 aliphatic carbocycles. The number of carbonyl (C=O) groups is 1. The zero-order chi connectivity index (χ0) is 18.1. The third-order valence-corrected chi connectivity index (χ3v) is 4.08. The highest BCUT2D eigenvalue weighted by molar-refractivity contribution is 6.23. The minimum Gasteiger partial charge on any atom is -0.394 e. The summed E-state index contributed by atoms with van der Waals surface area (Å²) in [6.07, 6.45) is -3.48. The lowest BCUT2D eigenvalue weighted by molar-refractivity contribution is -0.124. The molecule has 3 N–H and O–H groups in total. The van der Waals surface area contributed by atoms with Gasteiger partial charge in [0, 0.05) is 12.1 Å². The summed E-state index contributed by atoms with van der Waals surface area (Å²) in [5, 5.41) is 18.6. The average molecular weight is 364 g/mol. The van der Waals surface area contributed by atoms with Gasteiger partial charge < -0.3 is 20.3 Å². The maximum Gasteiger partial charge on any atom is 0.350 e. The first-order valence-electron chi connectivity index (χ1n) is 7.36. The molecular weight excluding hydrogens is 345 g/mol. The summed E-state index contributed by atoms with van der Waals surface area (Å²) in [6.45, 7) is 2.84. The topological polar surface area (TPSA) is 114 Å². The van der Waals surface area contributed by atoms with Crippen LogP contribution in [0.25, 0.3) is 0 Å². The standard InChI is InChI=1S/C14H19ClFN3O5/c1-7(2)11(22)17-5-8-3-4-19(13(23)18-8)12-14(15,16)10(21)9(6-20)24-12/h3-4,7,9-10,12,20-21H,5-6H2,1-2H3,(H,17,22)/t9-,10-,12-,14-/m1/s1. The fraction of sp³-hybridized carbons (Fsp3) is 0.643. The lowest BCUT2D eigenvalue weighted by atomic mass is 10.1. The molecule has 2 heterocycles. The van der Waals surface area contributed by atoms with Crippen molar-refractivity contribution in [3.05, 3.63) is 28.4 Å². The molecule has 0 aromatic carbocycles. The molecule has 1 amide bonds. The van der Waals surface area contributed by atoms with Crippen molar-refractivity contribution in [1.29, 1.82) is 0 Å². The smallest absolute Gasteiger partial charge is 0.350 e. The molecule has 8 nitrogen and oxygen atoms in total. The molecule has 1 saturated heterocycles. The number of aliphatic hydroxyl groups is 2. The maximum absolute atomic E-state index is 14.4. The fourth-order valence-corrected chi connectivity index (χ4v) is 2.52. The number of nitrogens with one attached hydrogen (secondary N) is 1. The van der Waals surface area contributed by atoms with E-state index in [0.717, 1.165) is 4.57 Å². The largest absolute Gasteiger partial charge is 0.394 e. The Morgan fingerprint density at radius 1 is 1.62 bits per heavy atom. The SMILES string of the molecule is CC(C)C(=O)NCc1ccn([C@@H]2O[C@H](CO)[C@@H](O)[C@]2(F)Cl)c(=O)n1. The number of aromatic nitrogens is 2. The van der Waals surface area contributed by atoms with Gasteiger partial charge in [0.1, 0.15) is 12.2 Å². The molecule has 1 aromatic heterocycles. The van der Waals surface area contributed by atoms with Crippen LogP contribution in [-0.2, 0) is 16.1 Å². The fourth-order valence-electron chi connectivity index (χ4n) is 2.23. The van der Waals surface area contributed by atoms with Crippen molar-refractivity contribution in [3.63, 3.8) is 0 Å². The summed E-state index contributed by atoms with van der Waals surface area (Å²) in [7, 11) is 0. The van der Waals surface area contributed by atoms with Crippen LogP contribution in [0.2, 0.25) is 0 Å². The molecule has 2 rings (SSSR count). The van der Waals surface area contributed by atoms with E-state index in [4.69, 9.17) is 21.4 Å². The van der Waals surface area contributed by atoms with Crippen LogP contribution in [0.4, 0.5) is 4.39 Å². The minimum atomic E-state index is -2.79. The highest BCUT2D eigenvalue weighted by Gasteiger charge is 2.57. The average Bonchev–Trinajstić information content (AvgIpc) is 2.75. The number of carbonyl (C=O) groups excluding carboxylic acids is 1. The molecule has 0 saturated carbocycles. The van der Waals surface area contributed by atoms with E-state index in [2.05, 4.69) is 10.3 Å². The summed E-state index contributed by atoms with van der Waals surface area (Å²) in [5.41, 5.74) is -0.578. The number of amides is 1. The number of aliphatic hydroxyl groups excluding tert-OH is 2. The van der Waals surface area contributed by atoms with Gasteiger partial charge in [-0.05, 0) is 6.07 Å². The summed E-state index contributed by atoms with van der Waals surface area (Å²) in [6, 6.07) is 1.40. The van der Waals surface area contributed by atoms with E-state index < -0.39 is 35.9 Å². The third-order valence-electron chi connectivity index (χ3n) is 3.67. The molecule has 24 heavy (non-hydrogen) atoms. The Balaban J connectivity index is 2.18. The lowest BCUT2D eigenvalue weighted by Crippen LogP contribution is -2.41. The van der Waals surface area contributed by atoms with Crippen molar-refractivity contribution < 1.29 is 24.1 Å². The Hall–Kier alpha value is -1.55. The van der Waals surface area contributed by atoms with Gasteiger partial charge in [-0.1, -0.05) is 25.4 Å². The second-order valence-corrected chi connectivity index (χ2v) is 6.39. The lowest BCUT2D eigenvalue weighted by Gasteiger charge is -2.22. The Morgan fingerprint density at radius 3 is 2.79 bits per heavy atom. The highest BCUT2D eigenvalue weighted by atomic mass is 35.5. The van der Waals surface area contributed by atoms with E-state index in [1.165, 1.54) is 12.3 Å². The molecule has 1 aromatic rings. The molecule has 0 bridgehead atoms. The van der Waals surface area contributed by atoms with E-state index >= 15 is 0 Å². The quantitative estimate of drug-likeness (QED) is 0.617. The van der Waals surface area contributed by atoms with Crippen LogP contribution in [0.15, 0.2) is 17.1 Å². The number of alkyl halides is 2. The third kappa shape index (κ3) is 3.59. The van der Waals surface area contributed by atoms with Crippen molar-refractivity contribution in [3.8, 4) is 0 Å². The Morgan fingerprint density at radius 2 is 2.29 bits per heavy atom. The minimum absolute atomic E-state index is 0.0438. The van der Waals surface area contributed by atoms with Crippen LogP contribution in [0.5, 0.6) is 0 Å². The first kappa shape index (κ1) is 18.8. The second kappa shape index (κ2) is 7.14. The van der Waals surface area contributed by atoms with Gasteiger partial charge in [-0.2, -0.15) is 4.98 Å². The highest BCUT2D eigenvalue weighted by Crippen LogP contribution is 2.43. The Bertz CT molecular complexity index is 666. The first-order chi connectivity index (χ1) is 11.2. The van der Waals surface area contributed by atoms with Gasteiger partial charge in [-0.15, -0.1) is 0 Å². The van der Waals surface area contributed by atoms with Crippen molar-refractivity contribution in [1.82, 2.24) is 14.9 Å².